The zero-order valence-corrected chi connectivity index (χ0v) is 17.3. The SMILES string of the molecule is CC(C(=O)c1ccc(O)cc1)N1CCN(C(c2ccccc2)c2ccccc2)CC1. The van der Waals surface area contributed by atoms with Crippen LogP contribution < -0.4 is 0 Å². The van der Waals surface area contributed by atoms with E-state index in [4.69, 9.17) is 0 Å². The average molecular weight is 401 g/mol. The Morgan fingerprint density at radius 1 is 0.733 bits per heavy atom. The predicted octanol–water partition coefficient (Wildman–Crippen LogP) is 4.37. The Morgan fingerprint density at radius 2 is 1.20 bits per heavy atom. The number of carbonyl (C=O) groups is 1. The van der Waals surface area contributed by atoms with Gasteiger partial charge in [-0.2, -0.15) is 0 Å². The number of nitrogens with zero attached hydrogens (tertiary/aromatic N) is 2. The van der Waals surface area contributed by atoms with Crippen LogP contribution in [0.15, 0.2) is 84.9 Å². The van der Waals surface area contributed by atoms with Crippen LogP contribution in [0.25, 0.3) is 0 Å². The van der Waals surface area contributed by atoms with Gasteiger partial charge in [0.2, 0.25) is 0 Å². The second-order valence-electron chi connectivity index (χ2n) is 7.88. The van der Waals surface area contributed by atoms with Gasteiger partial charge in [-0.25, -0.2) is 0 Å². The lowest BCUT2D eigenvalue weighted by Crippen LogP contribution is -2.52. The second kappa shape index (κ2) is 9.24. The molecular weight excluding hydrogens is 372 g/mol. The molecule has 1 N–H and O–H groups in total. The van der Waals surface area contributed by atoms with E-state index in [1.54, 1.807) is 24.3 Å². The van der Waals surface area contributed by atoms with E-state index >= 15 is 0 Å². The third-order valence-corrected chi connectivity index (χ3v) is 6.02. The number of hydrogen-bond donors (Lipinski definition) is 1. The van der Waals surface area contributed by atoms with E-state index in [0.29, 0.717) is 5.56 Å². The van der Waals surface area contributed by atoms with Gasteiger partial charge >= 0.3 is 0 Å². The highest BCUT2D eigenvalue weighted by atomic mass is 16.3. The van der Waals surface area contributed by atoms with Crippen molar-refractivity contribution in [2.75, 3.05) is 26.2 Å². The number of piperazine rings is 1. The fourth-order valence-electron chi connectivity index (χ4n) is 4.30. The van der Waals surface area contributed by atoms with Crippen LogP contribution in [0.4, 0.5) is 0 Å². The minimum atomic E-state index is -0.177. The summed E-state index contributed by atoms with van der Waals surface area (Å²) in [5.41, 5.74) is 3.24. The van der Waals surface area contributed by atoms with Gasteiger partial charge in [0.1, 0.15) is 5.75 Å². The van der Waals surface area contributed by atoms with E-state index in [9.17, 15) is 9.90 Å². The zero-order valence-electron chi connectivity index (χ0n) is 17.3. The molecule has 0 aromatic heterocycles. The average Bonchev–Trinajstić information content (AvgIpc) is 2.81. The Balaban J connectivity index is 1.47. The highest BCUT2D eigenvalue weighted by Crippen LogP contribution is 2.29. The highest BCUT2D eigenvalue weighted by Gasteiger charge is 2.30. The summed E-state index contributed by atoms with van der Waals surface area (Å²) in [5.74, 6) is 0.284. The molecular formula is C26H28N2O2. The van der Waals surface area contributed by atoms with E-state index in [1.165, 1.54) is 11.1 Å². The molecule has 1 atom stereocenters. The van der Waals surface area contributed by atoms with Crippen molar-refractivity contribution in [1.29, 1.82) is 0 Å². The molecule has 0 amide bonds. The standard InChI is InChI=1S/C26H28N2O2/c1-20(26(30)23-12-14-24(29)15-13-23)27-16-18-28(19-17-27)25(21-8-4-2-5-9-21)22-10-6-3-7-11-22/h2-15,20,25,29H,16-19H2,1H3. The van der Waals surface area contributed by atoms with E-state index < -0.39 is 0 Å². The summed E-state index contributed by atoms with van der Waals surface area (Å²) in [7, 11) is 0. The minimum absolute atomic E-state index is 0.103. The van der Waals surface area contributed by atoms with Crippen molar-refractivity contribution in [2.45, 2.75) is 19.0 Å². The predicted molar refractivity (Wildman–Crippen MR) is 120 cm³/mol. The Kier molecular flexibility index (Phi) is 6.26. The first-order valence-electron chi connectivity index (χ1n) is 10.5. The Labute approximate surface area is 178 Å². The van der Waals surface area contributed by atoms with Crippen LogP contribution in [0.2, 0.25) is 0 Å². The van der Waals surface area contributed by atoms with E-state index in [0.717, 1.165) is 26.2 Å². The van der Waals surface area contributed by atoms with Crippen LogP contribution in [0, 0.1) is 0 Å². The van der Waals surface area contributed by atoms with Gasteiger partial charge in [0.25, 0.3) is 0 Å². The van der Waals surface area contributed by atoms with E-state index in [1.807, 2.05) is 6.92 Å². The van der Waals surface area contributed by atoms with Crippen molar-refractivity contribution in [1.82, 2.24) is 9.80 Å². The molecule has 4 nitrogen and oxygen atoms in total. The lowest BCUT2D eigenvalue weighted by molar-refractivity contribution is 0.0640. The highest BCUT2D eigenvalue weighted by molar-refractivity contribution is 5.99. The van der Waals surface area contributed by atoms with Crippen LogP contribution in [0.3, 0.4) is 0 Å². The molecule has 0 saturated carbocycles. The summed E-state index contributed by atoms with van der Waals surface area (Å²) >= 11 is 0. The van der Waals surface area contributed by atoms with Gasteiger partial charge in [-0.05, 0) is 42.3 Å². The first-order chi connectivity index (χ1) is 14.6. The van der Waals surface area contributed by atoms with Crippen molar-refractivity contribution < 1.29 is 9.90 Å². The first kappa shape index (κ1) is 20.3. The number of ketones is 1. The number of benzene rings is 3. The largest absolute Gasteiger partial charge is 0.508 e. The summed E-state index contributed by atoms with van der Waals surface area (Å²) in [4.78, 5) is 17.7. The van der Waals surface area contributed by atoms with E-state index in [2.05, 4.69) is 70.5 Å². The molecule has 1 saturated heterocycles. The molecule has 1 fully saturated rings. The van der Waals surface area contributed by atoms with Crippen LogP contribution in [-0.4, -0.2) is 52.9 Å². The minimum Gasteiger partial charge on any atom is -0.508 e. The van der Waals surface area contributed by atoms with Crippen molar-refractivity contribution in [3.8, 4) is 5.75 Å². The normalized spacial score (nSPS) is 16.5. The van der Waals surface area contributed by atoms with Crippen molar-refractivity contribution >= 4 is 5.78 Å². The summed E-state index contributed by atoms with van der Waals surface area (Å²) in [5, 5.41) is 9.47. The second-order valence-corrected chi connectivity index (χ2v) is 7.88. The maximum Gasteiger partial charge on any atom is 0.179 e. The Bertz CT molecular complexity index is 910. The quantitative estimate of drug-likeness (QED) is 0.624. The molecule has 30 heavy (non-hydrogen) atoms. The van der Waals surface area contributed by atoms with Gasteiger partial charge in [0.05, 0.1) is 12.1 Å². The third kappa shape index (κ3) is 4.45. The number of aromatic hydroxyl groups is 1. The number of carbonyl (C=O) groups excluding carboxylic acids is 1. The van der Waals surface area contributed by atoms with Gasteiger partial charge in [-0.15, -0.1) is 0 Å². The molecule has 3 aromatic carbocycles. The van der Waals surface area contributed by atoms with Gasteiger partial charge in [-0.1, -0.05) is 60.7 Å². The van der Waals surface area contributed by atoms with Crippen molar-refractivity contribution in [2.24, 2.45) is 0 Å². The molecule has 0 radical (unpaired) electrons. The molecule has 1 unspecified atom stereocenters. The molecule has 0 spiro atoms. The topological polar surface area (TPSA) is 43.8 Å². The molecule has 3 aromatic rings. The van der Waals surface area contributed by atoms with Gasteiger partial charge in [0, 0.05) is 31.7 Å². The molecule has 1 aliphatic rings. The molecule has 4 rings (SSSR count). The Morgan fingerprint density at radius 3 is 1.70 bits per heavy atom. The number of Topliss-reactive ketones (excluding diaryl/α,β-unsaturated/α-hetero) is 1. The molecule has 154 valence electrons. The van der Waals surface area contributed by atoms with Gasteiger partial charge < -0.3 is 5.11 Å². The third-order valence-electron chi connectivity index (χ3n) is 6.02. The summed E-state index contributed by atoms with van der Waals surface area (Å²) in [6, 6.07) is 27.9. The molecule has 1 aliphatic heterocycles. The van der Waals surface area contributed by atoms with Crippen LogP contribution in [-0.2, 0) is 0 Å². The Hall–Kier alpha value is -2.95. The summed E-state index contributed by atoms with van der Waals surface area (Å²) < 4.78 is 0. The molecule has 1 heterocycles. The van der Waals surface area contributed by atoms with Gasteiger partial charge in [0.15, 0.2) is 5.78 Å². The number of rotatable bonds is 6. The fraction of sp³-hybridized carbons (Fsp3) is 0.269. The smallest absolute Gasteiger partial charge is 0.179 e. The molecule has 0 bridgehead atoms. The lowest BCUT2D eigenvalue weighted by atomic mass is 9.96. The number of hydrogen-bond acceptors (Lipinski definition) is 4. The maximum atomic E-state index is 12.9. The van der Waals surface area contributed by atoms with Crippen molar-refractivity contribution in [3.63, 3.8) is 0 Å². The van der Waals surface area contributed by atoms with Crippen LogP contribution in [0.1, 0.15) is 34.5 Å². The summed E-state index contributed by atoms with van der Waals surface area (Å²) in [6.07, 6.45) is 0. The van der Waals surface area contributed by atoms with Gasteiger partial charge in [-0.3, -0.25) is 14.6 Å². The lowest BCUT2D eigenvalue weighted by Gasteiger charge is -2.41. The fourth-order valence-corrected chi connectivity index (χ4v) is 4.30. The molecule has 0 aliphatic carbocycles. The van der Waals surface area contributed by atoms with Crippen LogP contribution in [0.5, 0.6) is 5.75 Å². The van der Waals surface area contributed by atoms with E-state index in [-0.39, 0.29) is 23.6 Å². The van der Waals surface area contributed by atoms with Crippen LogP contribution >= 0.6 is 0 Å². The number of phenols is 1. The number of phenolic OH excluding ortho intramolecular Hbond substituents is 1. The van der Waals surface area contributed by atoms with Crippen molar-refractivity contribution in [3.05, 3.63) is 102 Å². The first-order valence-corrected chi connectivity index (χ1v) is 10.5. The maximum absolute atomic E-state index is 12.9. The monoisotopic (exact) mass is 400 g/mol. The summed E-state index contributed by atoms with van der Waals surface area (Å²) in [6.45, 7) is 5.49. The molecule has 4 heteroatoms. The zero-order chi connectivity index (χ0) is 20.9.